The third-order valence-electron chi connectivity index (χ3n) is 10.7. The lowest BCUT2D eigenvalue weighted by Crippen LogP contribution is -2.37. The summed E-state index contributed by atoms with van der Waals surface area (Å²) in [7, 11) is 5.81. The van der Waals surface area contributed by atoms with E-state index in [0.29, 0.717) is 48.2 Å². The molecule has 2 atom stereocenters. The van der Waals surface area contributed by atoms with Gasteiger partial charge in [0, 0.05) is 72.6 Å². The minimum absolute atomic E-state index is 0.0661. The number of anilines is 1. The number of pyridine rings is 1. The predicted octanol–water partition coefficient (Wildman–Crippen LogP) is 5.73. The van der Waals surface area contributed by atoms with Crippen LogP contribution < -0.4 is 20.7 Å². The van der Waals surface area contributed by atoms with Gasteiger partial charge in [0.25, 0.3) is 5.91 Å². The van der Waals surface area contributed by atoms with E-state index in [1.165, 1.54) is 6.21 Å². The summed E-state index contributed by atoms with van der Waals surface area (Å²) >= 11 is 0. The number of likely N-dealkylation sites (tertiary alicyclic amines) is 1. The van der Waals surface area contributed by atoms with Gasteiger partial charge in [-0.25, -0.2) is 14.3 Å². The van der Waals surface area contributed by atoms with Crippen molar-refractivity contribution in [3.8, 4) is 5.88 Å². The molecule has 3 aliphatic rings. The van der Waals surface area contributed by atoms with E-state index >= 15 is 0 Å². The maximum absolute atomic E-state index is 13.5. The molecule has 0 radical (unpaired) electrons. The molecule has 60 heavy (non-hydrogen) atoms. The van der Waals surface area contributed by atoms with Crippen molar-refractivity contribution in [2.24, 2.45) is 11.7 Å². The summed E-state index contributed by atoms with van der Waals surface area (Å²) < 4.78 is 13.5. The van der Waals surface area contributed by atoms with Crippen molar-refractivity contribution in [3.05, 3.63) is 76.2 Å². The summed E-state index contributed by atoms with van der Waals surface area (Å²) in [6, 6.07) is 11.0. The number of nitrogens with two attached hydrogens (primary N) is 1. The minimum atomic E-state index is -0.666. The Kier molecular flexibility index (Phi) is 17.7. The van der Waals surface area contributed by atoms with Crippen molar-refractivity contribution >= 4 is 55.0 Å². The first-order chi connectivity index (χ1) is 28.8. The number of hydrogen-bond acceptors (Lipinski definition) is 12. The van der Waals surface area contributed by atoms with Crippen molar-refractivity contribution in [1.82, 2.24) is 24.7 Å². The summed E-state index contributed by atoms with van der Waals surface area (Å²) in [6.07, 6.45) is 13.6. The van der Waals surface area contributed by atoms with Gasteiger partial charge in [-0.15, -0.1) is 0 Å². The van der Waals surface area contributed by atoms with Crippen molar-refractivity contribution < 1.29 is 33.4 Å². The number of rotatable bonds is 14. The number of piperidine rings is 1. The smallest absolute Gasteiger partial charge is 0.419 e. The second kappa shape index (κ2) is 22.6. The first-order valence-electron chi connectivity index (χ1n) is 20.6. The number of hydrogen-bond donors (Lipinski definition) is 3. The van der Waals surface area contributed by atoms with Gasteiger partial charge < -0.3 is 45.3 Å². The number of fused-ring (bicyclic) bond motifs is 1. The molecule has 0 spiro atoms. The molecule has 15 nitrogen and oxygen atoms in total. The number of aromatic nitrogens is 2. The molecule has 0 saturated carbocycles. The lowest BCUT2D eigenvalue weighted by molar-refractivity contribution is -0.112. The Morgan fingerprint density at radius 3 is 2.37 bits per heavy atom. The molecular weight excluding hydrogens is 765 g/mol. The van der Waals surface area contributed by atoms with Crippen LogP contribution in [0.1, 0.15) is 110 Å². The Morgan fingerprint density at radius 2 is 1.78 bits per heavy atom. The van der Waals surface area contributed by atoms with E-state index in [0.717, 1.165) is 86.8 Å². The van der Waals surface area contributed by atoms with Crippen LogP contribution in [0, 0.1) is 11.3 Å². The predicted molar refractivity (Wildman–Crippen MR) is 233 cm³/mol. The Morgan fingerprint density at radius 1 is 1.07 bits per heavy atom. The number of nitrogens with zero attached hydrogens (tertiary/aromatic N) is 5. The van der Waals surface area contributed by atoms with Crippen LogP contribution in [0.5, 0.6) is 5.88 Å². The molecule has 1 aromatic carbocycles. The lowest BCUT2D eigenvalue weighted by atomic mass is 9.93. The number of carbonyl (C=O) groups excluding carboxylic acids is 5. The molecule has 0 bridgehead atoms. The summed E-state index contributed by atoms with van der Waals surface area (Å²) in [4.78, 5) is 68.6. The highest BCUT2D eigenvalue weighted by Gasteiger charge is 2.36. The van der Waals surface area contributed by atoms with E-state index in [-0.39, 0.29) is 24.8 Å². The summed E-state index contributed by atoms with van der Waals surface area (Å²) in [5.41, 5.74) is 9.07. The fourth-order valence-electron chi connectivity index (χ4n) is 7.87. The number of benzene rings is 1. The highest BCUT2D eigenvalue weighted by molar-refractivity contribution is 6.01. The van der Waals surface area contributed by atoms with E-state index in [4.69, 9.17) is 19.7 Å². The van der Waals surface area contributed by atoms with Crippen LogP contribution in [-0.2, 0) is 25.7 Å². The average molecular weight is 827 g/mol. The number of nitrogens with one attached hydrogen (secondary N) is 2. The SMILES string of the molecule is CN1CCCC1c1cc(C=N)c(/C=C/c2ccc(OCCC3CCN(c4cccc5c4CN(C(C=O)CCC=O)C5=O)CC3)nc2)n1C(=O)OC(C)(C)C.CNC.NC=O. The topological polar surface area (TPSA) is 193 Å². The molecular formula is C45H62N8O7. The molecule has 2 saturated heterocycles. The Balaban J connectivity index is 0.00000125. The monoisotopic (exact) mass is 826 g/mol. The number of carbonyl (C=O) groups is 5. The third kappa shape index (κ3) is 12.2. The van der Waals surface area contributed by atoms with Crippen molar-refractivity contribution in [2.45, 2.75) is 89.9 Å². The minimum Gasteiger partial charge on any atom is -0.478 e. The average Bonchev–Trinajstić information content (AvgIpc) is 3.92. The molecule has 5 heterocycles. The van der Waals surface area contributed by atoms with E-state index in [1.54, 1.807) is 15.7 Å². The number of aldehydes is 2. The van der Waals surface area contributed by atoms with Crippen LogP contribution in [0.3, 0.4) is 0 Å². The van der Waals surface area contributed by atoms with Gasteiger partial charge in [0.05, 0.1) is 24.4 Å². The van der Waals surface area contributed by atoms with Gasteiger partial charge in [-0.2, -0.15) is 0 Å². The van der Waals surface area contributed by atoms with Crippen LogP contribution in [0.4, 0.5) is 10.5 Å². The fraction of sp³-hybridized carbons (Fsp3) is 0.489. The van der Waals surface area contributed by atoms with Gasteiger partial charge in [0.15, 0.2) is 0 Å². The Bertz CT molecular complexity index is 1950. The molecule has 4 N–H and O–H groups in total. The summed E-state index contributed by atoms with van der Waals surface area (Å²) in [5.74, 6) is 0.898. The van der Waals surface area contributed by atoms with E-state index in [1.807, 2.05) is 77.4 Å². The van der Waals surface area contributed by atoms with E-state index < -0.39 is 17.7 Å². The van der Waals surface area contributed by atoms with Gasteiger partial charge in [-0.05, 0) is 129 Å². The number of primary amides is 1. The van der Waals surface area contributed by atoms with Crippen molar-refractivity contribution in [1.29, 1.82) is 5.41 Å². The molecule has 3 aromatic rings. The second-order valence-electron chi connectivity index (χ2n) is 16.2. The fourth-order valence-corrected chi connectivity index (χ4v) is 7.87. The van der Waals surface area contributed by atoms with Crippen LogP contribution in [-0.4, -0.2) is 116 Å². The zero-order chi connectivity index (χ0) is 43.8. The van der Waals surface area contributed by atoms with E-state index in [2.05, 4.69) is 38.9 Å². The second-order valence-corrected chi connectivity index (χ2v) is 16.2. The third-order valence-corrected chi connectivity index (χ3v) is 10.7. The molecule has 0 aliphatic carbocycles. The molecule has 324 valence electrons. The number of amides is 2. The normalized spacial score (nSPS) is 17.2. The largest absolute Gasteiger partial charge is 0.478 e. The summed E-state index contributed by atoms with van der Waals surface area (Å²) in [6.45, 7) is 9.17. The van der Waals surface area contributed by atoms with Crippen molar-refractivity contribution in [2.75, 3.05) is 52.3 Å². The molecule has 2 aromatic heterocycles. The molecule has 6 rings (SSSR count). The molecule has 2 amide bonds. The van der Waals surface area contributed by atoms with Gasteiger partial charge in [0.1, 0.15) is 18.2 Å². The molecule has 3 aliphatic heterocycles. The zero-order valence-electron chi connectivity index (χ0n) is 35.9. The van der Waals surface area contributed by atoms with Gasteiger partial charge in [0.2, 0.25) is 12.3 Å². The Hall–Kier alpha value is -5.67. The first-order valence-corrected chi connectivity index (χ1v) is 20.6. The molecule has 15 heteroatoms. The maximum atomic E-state index is 13.5. The highest BCUT2D eigenvalue weighted by atomic mass is 16.6. The van der Waals surface area contributed by atoms with Gasteiger partial charge in [-0.3, -0.25) is 14.5 Å². The Labute approximate surface area is 353 Å². The van der Waals surface area contributed by atoms with Gasteiger partial charge >= 0.3 is 6.09 Å². The summed E-state index contributed by atoms with van der Waals surface area (Å²) in [5, 5.41) is 10.9. The molecule has 2 fully saturated rings. The first kappa shape index (κ1) is 47.0. The number of ether oxygens (including phenoxy) is 2. The van der Waals surface area contributed by atoms with Crippen LogP contribution in [0.2, 0.25) is 0 Å². The quantitative estimate of drug-likeness (QED) is 0.133. The molecule has 2 unspecified atom stereocenters. The maximum Gasteiger partial charge on any atom is 0.419 e. The van der Waals surface area contributed by atoms with Crippen molar-refractivity contribution in [3.63, 3.8) is 0 Å². The van der Waals surface area contributed by atoms with E-state index in [9.17, 15) is 19.2 Å². The zero-order valence-corrected chi connectivity index (χ0v) is 35.9. The standard InChI is InChI=1S/C42H52N6O6.C2H7N.CH3NO/c1-42(2,3)54-41(52)48-35(31(25-43)24-38(48)37-11-6-19-45(37)4)14-12-30-13-15-39(44-26-30)53-23-18-29-16-20-46(21-17-29)36-10-5-9-33-34(36)27-47(40(33)51)32(28-50)8-7-22-49;1-3-2;2-1-3/h5,9-10,12-15,22,24-26,28-29,32,37,43H,6-8,11,16-21,23,27H2,1-4H3;3H,1-2H3;1H,(H2,2,3)/b14-12+,43-25?;;. The lowest BCUT2D eigenvalue weighted by Gasteiger charge is -2.34. The van der Waals surface area contributed by atoms with Crippen LogP contribution >= 0.6 is 0 Å². The van der Waals surface area contributed by atoms with Gasteiger partial charge in [-0.1, -0.05) is 12.1 Å². The van der Waals surface area contributed by atoms with Crippen LogP contribution in [0.25, 0.3) is 12.2 Å². The highest BCUT2D eigenvalue weighted by Crippen LogP contribution is 2.36. The van der Waals surface area contributed by atoms with Crippen LogP contribution in [0.15, 0.2) is 42.6 Å².